The SMILES string of the molecule is CN1N=C(c2ccc([N+](=O)[O-])cc2)[C@@H](c2ccccc2)C12CSc1ccccc1C2=O. The molecule has 154 valence electrons. The predicted octanol–water partition coefficient (Wildman–Crippen LogP) is 4.76. The van der Waals surface area contributed by atoms with Gasteiger partial charge in [-0.25, -0.2) is 0 Å². The van der Waals surface area contributed by atoms with Gasteiger partial charge in [0.05, 0.1) is 16.6 Å². The first-order valence-electron chi connectivity index (χ1n) is 9.91. The van der Waals surface area contributed by atoms with Crippen LogP contribution in [0.1, 0.15) is 27.4 Å². The van der Waals surface area contributed by atoms with Gasteiger partial charge in [-0.15, -0.1) is 11.8 Å². The molecule has 6 nitrogen and oxygen atoms in total. The highest BCUT2D eigenvalue weighted by molar-refractivity contribution is 7.99. The van der Waals surface area contributed by atoms with Gasteiger partial charge >= 0.3 is 0 Å². The monoisotopic (exact) mass is 429 g/mol. The van der Waals surface area contributed by atoms with Crippen LogP contribution in [0.5, 0.6) is 0 Å². The number of benzene rings is 3. The Morgan fingerprint density at radius 2 is 1.71 bits per heavy atom. The molecule has 0 amide bonds. The van der Waals surface area contributed by atoms with E-state index in [0.29, 0.717) is 11.3 Å². The van der Waals surface area contributed by atoms with Crippen LogP contribution in [-0.4, -0.2) is 39.8 Å². The Balaban J connectivity index is 1.67. The summed E-state index contributed by atoms with van der Waals surface area (Å²) in [5.41, 5.74) is 2.40. The van der Waals surface area contributed by atoms with Gasteiger partial charge in [0, 0.05) is 35.4 Å². The summed E-state index contributed by atoms with van der Waals surface area (Å²) in [6, 6.07) is 24.0. The Morgan fingerprint density at radius 1 is 1.03 bits per heavy atom. The van der Waals surface area contributed by atoms with Crippen LogP contribution in [0.4, 0.5) is 5.69 Å². The number of rotatable bonds is 3. The number of hydrazone groups is 1. The zero-order valence-corrected chi connectivity index (χ0v) is 17.6. The summed E-state index contributed by atoms with van der Waals surface area (Å²) < 4.78 is 0. The van der Waals surface area contributed by atoms with Gasteiger partial charge in [-0.2, -0.15) is 5.10 Å². The predicted molar refractivity (Wildman–Crippen MR) is 121 cm³/mol. The van der Waals surface area contributed by atoms with Crippen LogP contribution in [-0.2, 0) is 0 Å². The normalized spacial score (nSPS) is 22.4. The molecule has 0 aromatic heterocycles. The van der Waals surface area contributed by atoms with Crippen molar-refractivity contribution < 1.29 is 9.72 Å². The molecule has 3 aromatic carbocycles. The Hall–Kier alpha value is -3.45. The lowest BCUT2D eigenvalue weighted by Crippen LogP contribution is -2.56. The number of carbonyl (C=O) groups is 1. The van der Waals surface area contributed by atoms with Gasteiger partial charge in [0.1, 0.15) is 5.54 Å². The molecule has 2 aliphatic heterocycles. The summed E-state index contributed by atoms with van der Waals surface area (Å²) in [6.07, 6.45) is 0. The maximum atomic E-state index is 13.9. The summed E-state index contributed by atoms with van der Waals surface area (Å²) >= 11 is 1.67. The second-order valence-corrected chi connectivity index (χ2v) is 8.71. The van der Waals surface area contributed by atoms with Crippen molar-refractivity contribution >= 4 is 28.9 Å². The minimum Gasteiger partial charge on any atom is -0.291 e. The van der Waals surface area contributed by atoms with Crippen molar-refractivity contribution in [3.8, 4) is 0 Å². The molecule has 1 unspecified atom stereocenters. The number of nitro benzene ring substituents is 1. The number of nitrogens with zero attached hydrogens (tertiary/aromatic N) is 3. The number of ketones is 1. The maximum absolute atomic E-state index is 13.9. The second kappa shape index (κ2) is 7.35. The molecule has 31 heavy (non-hydrogen) atoms. The highest BCUT2D eigenvalue weighted by Crippen LogP contribution is 2.49. The number of hydrogen-bond donors (Lipinski definition) is 0. The molecule has 2 atom stereocenters. The number of thioether (sulfide) groups is 1. The molecule has 0 aliphatic carbocycles. The average Bonchev–Trinajstić information content (AvgIpc) is 3.10. The first kappa shape index (κ1) is 19.5. The van der Waals surface area contributed by atoms with Crippen molar-refractivity contribution in [1.29, 1.82) is 0 Å². The fourth-order valence-corrected chi connectivity index (χ4v) is 5.85. The van der Waals surface area contributed by atoms with Crippen LogP contribution < -0.4 is 0 Å². The van der Waals surface area contributed by atoms with Crippen LogP contribution in [0.2, 0.25) is 0 Å². The molecule has 0 bridgehead atoms. The average molecular weight is 430 g/mol. The number of Topliss-reactive ketones (excluding diaryl/α,β-unsaturated/α-hetero) is 1. The van der Waals surface area contributed by atoms with Gasteiger partial charge in [-0.05, 0) is 29.3 Å². The Morgan fingerprint density at radius 3 is 2.42 bits per heavy atom. The van der Waals surface area contributed by atoms with E-state index in [1.54, 1.807) is 28.9 Å². The lowest BCUT2D eigenvalue weighted by molar-refractivity contribution is -0.384. The summed E-state index contributed by atoms with van der Waals surface area (Å²) in [6.45, 7) is 0. The number of hydrogen-bond acceptors (Lipinski definition) is 6. The van der Waals surface area contributed by atoms with E-state index < -0.39 is 10.5 Å². The molecule has 5 rings (SSSR count). The van der Waals surface area contributed by atoms with Crippen molar-refractivity contribution in [2.75, 3.05) is 12.8 Å². The van der Waals surface area contributed by atoms with Gasteiger partial charge in [0.15, 0.2) is 5.78 Å². The fourth-order valence-electron chi connectivity index (χ4n) is 4.50. The molecule has 0 fully saturated rings. The van der Waals surface area contributed by atoms with Gasteiger partial charge in [0.25, 0.3) is 5.69 Å². The van der Waals surface area contributed by atoms with E-state index in [9.17, 15) is 14.9 Å². The van der Waals surface area contributed by atoms with Crippen LogP contribution in [0, 0.1) is 10.1 Å². The third-order valence-electron chi connectivity index (χ3n) is 6.07. The number of nitro groups is 1. The smallest absolute Gasteiger partial charge is 0.269 e. The first-order chi connectivity index (χ1) is 15.0. The van der Waals surface area contributed by atoms with Gasteiger partial charge in [0.2, 0.25) is 0 Å². The zero-order chi connectivity index (χ0) is 21.6. The number of likely N-dealkylation sites (N-methyl/N-ethyl adjacent to an activating group) is 1. The lowest BCUT2D eigenvalue weighted by Gasteiger charge is -2.42. The summed E-state index contributed by atoms with van der Waals surface area (Å²) in [4.78, 5) is 25.6. The number of fused-ring (bicyclic) bond motifs is 1. The number of carbonyl (C=O) groups excluding carboxylic acids is 1. The third-order valence-corrected chi connectivity index (χ3v) is 7.32. The Bertz CT molecular complexity index is 1210. The molecular formula is C24H19N3O3S. The van der Waals surface area contributed by atoms with Crippen molar-refractivity contribution in [1.82, 2.24) is 5.01 Å². The summed E-state index contributed by atoms with van der Waals surface area (Å²) in [5, 5.41) is 17.7. The summed E-state index contributed by atoms with van der Waals surface area (Å²) in [5.74, 6) is 0.325. The molecule has 0 saturated heterocycles. The van der Waals surface area contributed by atoms with Crippen LogP contribution in [0.15, 0.2) is 88.9 Å². The minimum absolute atomic E-state index is 0.0277. The van der Waals surface area contributed by atoms with E-state index in [2.05, 4.69) is 0 Å². The third kappa shape index (κ3) is 2.96. The van der Waals surface area contributed by atoms with Crippen LogP contribution in [0.3, 0.4) is 0 Å². The van der Waals surface area contributed by atoms with Crippen LogP contribution in [0.25, 0.3) is 0 Å². The van der Waals surface area contributed by atoms with Gasteiger partial charge in [-0.3, -0.25) is 19.9 Å². The van der Waals surface area contributed by atoms with Crippen molar-refractivity contribution in [3.63, 3.8) is 0 Å². The molecular weight excluding hydrogens is 410 g/mol. The summed E-state index contributed by atoms with van der Waals surface area (Å²) in [7, 11) is 1.85. The van der Waals surface area contributed by atoms with E-state index in [-0.39, 0.29) is 17.4 Å². The topological polar surface area (TPSA) is 75.8 Å². The molecule has 0 radical (unpaired) electrons. The largest absolute Gasteiger partial charge is 0.291 e. The van der Waals surface area contributed by atoms with Crippen molar-refractivity contribution in [3.05, 3.63) is 106 Å². The Kier molecular flexibility index (Phi) is 4.63. The Labute approximate surface area is 183 Å². The quantitative estimate of drug-likeness (QED) is 0.443. The molecule has 0 saturated carbocycles. The van der Waals surface area contributed by atoms with Crippen molar-refractivity contribution in [2.24, 2.45) is 5.10 Å². The van der Waals surface area contributed by atoms with E-state index >= 15 is 0 Å². The van der Waals surface area contributed by atoms with E-state index in [1.807, 2.05) is 61.6 Å². The standard InChI is InChI=1S/C24H19N3O3S/c1-26-24(15-31-20-10-6-5-9-19(20)23(24)28)21(16-7-3-2-4-8-16)22(25-26)17-11-13-18(14-12-17)27(29)30/h2-14,21H,15H2,1H3/t21-,24?/m1/s1. The molecule has 1 spiro atoms. The highest BCUT2D eigenvalue weighted by Gasteiger charge is 2.57. The van der Waals surface area contributed by atoms with E-state index in [1.165, 1.54) is 12.1 Å². The molecule has 3 aromatic rings. The van der Waals surface area contributed by atoms with E-state index in [4.69, 9.17) is 5.10 Å². The molecule has 2 aliphatic rings. The van der Waals surface area contributed by atoms with Gasteiger partial charge < -0.3 is 0 Å². The van der Waals surface area contributed by atoms with E-state index in [0.717, 1.165) is 21.7 Å². The number of non-ortho nitro benzene ring substituents is 1. The van der Waals surface area contributed by atoms with Crippen molar-refractivity contribution in [2.45, 2.75) is 16.4 Å². The lowest BCUT2D eigenvalue weighted by atomic mass is 9.72. The fraction of sp³-hybridized carbons (Fsp3) is 0.167. The maximum Gasteiger partial charge on any atom is 0.269 e. The highest BCUT2D eigenvalue weighted by atomic mass is 32.2. The van der Waals surface area contributed by atoms with Gasteiger partial charge in [-0.1, -0.05) is 48.5 Å². The second-order valence-electron chi connectivity index (χ2n) is 7.69. The molecule has 0 N–H and O–H groups in total. The minimum atomic E-state index is -0.864. The first-order valence-corrected chi connectivity index (χ1v) is 10.9. The van der Waals surface area contributed by atoms with Crippen LogP contribution >= 0.6 is 11.8 Å². The molecule has 2 heterocycles. The zero-order valence-electron chi connectivity index (χ0n) is 16.8. The molecule has 7 heteroatoms.